The lowest BCUT2D eigenvalue weighted by molar-refractivity contribution is -0.369. The normalized spacial score (nSPS) is 12.6. The maximum atomic E-state index is 4.99. The van der Waals surface area contributed by atoms with Crippen LogP contribution in [0, 0.1) is 12.8 Å². The molecular formula is C7H15O3. The van der Waals surface area contributed by atoms with Crippen LogP contribution in [0.1, 0.15) is 6.92 Å². The Bertz CT molecular complexity index is 78.6. The molecule has 0 bridgehead atoms. The van der Waals surface area contributed by atoms with Crippen LogP contribution < -0.4 is 0 Å². The fourth-order valence-corrected chi connectivity index (χ4v) is 0.854. The van der Waals surface area contributed by atoms with Gasteiger partial charge in [0.05, 0.1) is 0 Å². The minimum atomic E-state index is -0.986. The summed E-state index contributed by atoms with van der Waals surface area (Å²) in [5.74, 6) is -1.06. The van der Waals surface area contributed by atoms with E-state index in [9.17, 15) is 0 Å². The van der Waals surface area contributed by atoms with Gasteiger partial charge < -0.3 is 14.2 Å². The number of hydrogen-bond donors (Lipinski definition) is 0. The zero-order valence-corrected chi connectivity index (χ0v) is 7.01. The Balaban J connectivity index is 4.15. The molecule has 1 unspecified atom stereocenters. The quantitative estimate of drug-likeness (QED) is 0.556. The maximum Gasteiger partial charge on any atom is 0.284 e. The Morgan fingerprint density at radius 3 is 1.40 bits per heavy atom. The summed E-state index contributed by atoms with van der Waals surface area (Å²) in [5, 5.41) is 0. The Morgan fingerprint density at radius 2 is 1.40 bits per heavy atom. The predicted octanol–water partition coefficient (Wildman–Crippen LogP) is 1.05. The third kappa shape index (κ3) is 1.68. The van der Waals surface area contributed by atoms with Crippen molar-refractivity contribution < 1.29 is 14.2 Å². The molecule has 0 aromatic rings. The average molecular weight is 147 g/mol. The second-order valence-corrected chi connectivity index (χ2v) is 2.12. The van der Waals surface area contributed by atoms with Gasteiger partial charge >= 0.3 is 0 Å². The molecule has 10 heavy (non-hydrogen) atoms. The molecule has 0 saturated heterocycles. The lowest BCUT2D eigenvalue weighted by Crippen LogP contribution is -2.41. The summed E-state index contributed by atoms with van der Waals surface area (Å²) in [6.07, 6.45) is 0. The van der Waals surface area contributed by atoms with Gasteiger partial charge in [-0.3, -0.25) is 0 Å². The first-order valence-corrected chi connectivity index (χ1v) is 3.11. The first-order chi connectivity index (χ1) is 4.63. The van der Waals surface area contributed by atoms with Crippen molar-refractivity contribution in [3.05, 3.63) is 6.92 Å². The molecule has 1 radical (unpaired) electrons. The van der Waals surface area contributed by atoms with E-state index in [4.69, 9.17) is 14.2 Å². The molecule has 0 amide bonds. The summed E-state index contributed by atoms with van der Waals surface area (Å²) < 4.78 is 15.0. The van der Waals surface area contributed by atoms with E-state index in [0.717, 1.165) is 0 Å². The summed E-state index contributed by atoms with van der Waals surface area (Å²) in [4.78, 5) is 0. The van der Waals surface area contributed by atoms with Crippen molar-refractivity contribution in [3.63, 3.8) is 0 Å². The van der Waals surface area contributed by atoms with Crippen molar-refractivity contribution in [2.75, 3.05) is 21.3 Å². The van der Waals surface area contributed by atoms with Crippen LogP contribution in [0.2, 0.25) is 0 Å². The van der Waals surface area contributed by atoms with Gasteiger partial charge in [-0.1, -0.05) is 6.92 Å². The lowest BCUT2D eigenvalue weighted by atomic mass is 10.2. The van der Waals surface area contributed by atoms with Crippen molar-refractivity contribution in [1.29, 1.82) is 0 Å². The summed E-state index contributed by atoms with van der Waals surface area (Å²) in [6, 6.07) is 0. The van der Waals surface area contributed by atoms with Gasteiger partial charge in [0.1, 0.15) is 0 Å². The first-order valence-electron chi connectivity index (χ1n) is 3.11. The van der Waals surface area contributed by atoms with Gasteiger partial charge in [-0.25, -0.2) is 0 Å². The lowest BCUT2D eigenvalue weighted by Gasteiger charge is -2.31. The Hall–Kier alpha value is -0.120. The van der Waals surface area contributed by atoms with Gasteiger partial charge in [-0.15, -0.1) is 0 Å². The van der Waals surface area contributed by atoms with Crippen molar-refractivity contribution in [3.8, 4) is 0 Å². The molecule has 3 nitrogen and oxygen atoms in total. The third-order valence-corrected chi connectivity index (χ3v) is 1.46. The highest BCUT2D eigenvalue weighted by molar-refractivity contribution is 4.66. The number of rotatable bonds is 4. The molecule has 0 fully saturated rings. The van der Waals surface area contributed by atoms with Crippen LogP contribution >= 0.6 is 0 Å². The fourth-order valence-electron chi connectivity index (χ4n) is 0.854. The fraction of sp³-hybridized carbons (Fsp3) is 0.857. The summed E-state index contributed by atoms with van der Waals surface area (Å²) in [6.45, 7) is 5.61. The van der Waals surface area contributed by atoms with Crippen LogP contribution in [0.15, 0.2) is 0 Å². The van der Waals surface area contributed by atoms with Gasteiger partial charge in [0.2, 0.25) is 0 Å². The average Bonchev–Trinajstić information content (AvgIpc) is 1.92. The molecule has 0 aliphatic rings. The highest BCUT2D eigenvalue weighted by Crippen LogP contribution is 2.21. The van der Waals surface area contributed by atoms with E-state index in [2.05, 4.69) is 6.92 Å². The molecule has 0 rings (SSSR count). The van der Waals surface area contributed by atoms with E-state index in [0.29, 0.717) is 0 Å². The van der Waals surface area contributed by atoms with Crippen LogP contribution in [0.5, 0.6) is 0 Å². The van der Waals surface area contributed by atoms with E-state index in [1.807, 2.05) is 6.92 Å². The SMILES string of the molecule is [CH2]C(C)C(OC)(OC)OC. The summed E-state index contributed by atoms with van der Waals surface area (Å²) in [7, 11) is 4.57. The monoisotopic (exact) mass is 147 g/mol. The highest BCUT2D eigenvalue weighted by atomic mass is 16.9. The van der Waals surface area contributed by atoms with Crippen molar-refractivity contribution >= 4 is 0 Å². The molecule has 3 heteroatoms. The van der Waals surface area contributed by atoms with E-state index < -0.39 is 5.97 Å². The van der Waals surface area contributed by atoms with Crippen LogP contribution in [0.3, 0.4) is 0 Å². The largest absolute Gasteiger partial charge is 0.331 e. The van der Waals surface area contributed by atoms with Crippen molar-refractivity contribution in [2.24, 2.45) is 5.92 Å². The molecule has 0 aliphatic heterocycles. The summed E-state index contributed by atoms with van der Waals surface area (Å²) in [5.41, 5.74) is 0. The zero-order valence-electron chi connectivity index (χ0n) is 7.01. The number of ether oxygens (including phenoxy) is 3. The van der Waals surface area contributed by atoms with Gasteiger partial charge in [-0.05, 0) is 6.92 Å². The molecule has 0 aromatic carbocycles. The van der Waals surface area contributed by atoms with E-state index in [-0.39, 0.29) is 5.92 Å². The molecule has 0 aromatic heterocycles. The minimum Gasteiger partial charge on any atom is -0.331 e. The Labute approximate surface area is 62.3 Å². The molecule has 0 saturated carbocycles. The van der Waals surface area contributed by atoms with E-state index >= 15 is 0 Å². The van der Waals surface area contributed by atoms with Crippen LogP contribution in [-0.2, 0) is 14.2 Å². The Morgan fingerprint density at radius 1 is 1.10 bits per heavy atom. The second-order valence-electron chi connectivity index (χ2n) is 2.12. The van der Waals surface area contributed by atoms with E-state index in [1.165, 1.54) is 21.3 Å². The third-order valence-electron chi connectivity index (χ3n) is 1.46. The first kappa shape index (κ1) is 9.88. The van der Waals surface area contributed by atoms with Crippen LogP contribution in [-0.4, -0.2) is 27.3 Å². The smallest absolute Gasteiger partial charge is 0.284 e. The highest BCUT2D eigenvalue weighted by Gasteiger charge is 2.33. The maximum absolute atomic E-state index is 4.99. The standard InChI is InChI=1S/C7H15O3/c1-6(2)7(8-3,9-4)10-5/h6H,1H2,2-5H3. The molecule has 0 N–H and O–H groups in total. The Kier molecular flexibility index (Phi) is 3.86. The summed E-state index contributed by atoms with van der Waals surface area (Å²) >= 11 is 0. The molecule has 61 valence electrons. The zero-order chi connectivity index (χ0) is 8.20. The number of hydrogen-bond acceptors (Lipinski definition) is 3. The van der Waals surface area contributed by atoms with Crippen molar-refractivity contribution in [2.45, 2.75) is 12.9 Å². The predicted molar refractivity (Wildman–Crippen MR) is 38.3 cm³/mol. The van der Waals surface area contributed by atoms with Gasteiger partial charge in [-0.2, -0.15) is 0 Å². The molecule has 0 heterocycles. The molecule has 0 spiro atoms. The second kappa shape index (κ2) is 3.91. The molecular weight excluding hydrogens is 132 g/mol. The number of methoxy groups -OCH3 is 3. The van der Waals surface area contributed by atoms with Crippen LogP contribution in [0.4, 0.5) is 0 Å². The van der Waals surface area contributed by atoms with E-state index in [1.54, 1.807) is 0 Å². The molecule has 0 aliphatic carbocycles. The van der Waals surface area contributed by atoms with Gasteiger partial charge in [0, 0.05) is 27.2 Å². The topological polar surface area (TPSA) is 27.7 Å². The van der Waals surface area contributed by atoms with Crippen molar-refractivity contribution in [1.82, 2.24) is 0 Å². The van der Waals surface area contributed by atoms with Crippen LogP contribution in [0.25, 0.3) is 0 Å². The molecule has 1 atom stereocenters. The van der Waals surface area contributed by atoms with Gasteiger partial charge in [0.25, 0.3) is 5.97 Å². The van der Waals surface area contributed by atoms with Gasteiger partial charge in [0.15, 0.2) is 0 Å². The minimum absolute atomic E-state index is 0.0764.